The number of likely N-dealkylation sites (tertiary alicyclic amines) is 1. The molecule has 0 spiro atoms. The maximum absolute atomic E-state index is 4.43. The lowest BCUT2D eigenvalue weighted by Gasteiger charge is -2.32. The van der Waals surface area contributed by atoms with Crippen molar-refractivity contribution >= 4 is 11.0 Å². The first kappa shape index (κ1) is 17.1. The number of rotatable bonds is 4. The number of pyridine rings is 1. The van der Waals surface area contributed by atoms with Gasteiger partial charge in [0.2, 0.25) is 0 Å². The molecule has 6 heteroatoms. The van der Waals surface area contributed by atoms with Gasteiger partial charge in [-0.1, -0.05) is 35.5 Å². The number of benzene rings is 1. The molecular weight excluding hydrogens is 348 g/mol. The van der Waals surface area contributed by atoms with Gasteiger partial charge in [-0.05, 0) is 49.5 Å². The normalized spacial score (nSPS) is 16.0. The van der Waals surface area contributed by atoms with Gasteiger partial charge in [0, 0.05) is 36.9 Å². The van der Waals surface area contributed by atoms with Gasteiger partial charge in [0.25, 0.3) is 0 Å². The number of aromatic amines is 1. The predicted molar refractivity (Wildman–Crippen MR) is 110 cm³/mol. The van der Waals surface area contributed by atoms with E-state index < -0.39 is 0 Å². The van der Waals surface area contributed by atoms with E-state index in [1.165, 1.54) is 16.6 Å². The molecule has 4 aromatic rings. The van der Waals surface area contributed by atoms with Gasteiger partial charge in [-0.15, -0.1) is 5.10 Å². The second kappa shape index (κ2) is 7.20. The van der Waals surface area contributed by atoms with E-state index in [1.54, 1.807) is 0 Å². The molecule has 1 aliphatic heterocycles. The maximum Gasteiger partial charge on any atom is 0.137 e. The standard InChI is InChI=1S/C22H24N6/c1-27-20(21(25-26-27)17-6-3-2-4-7-17)15-28-12-9-16(10-13-28)19-14-24-22-18(19)8-5-11-23-22/h2-8,11,14,16H,9-10,12-13,15H2,1H3,(H,23,24). The van der Waals surface area contributed by atoms with Crippen LogP contribution in [0.25, 0.3) is 22.3 Å². The Bertz CT molecular complexity index is 1070. The lowest BCUT2D eigenvalue weighted by Crippen LogP contribution is -2.33. The molecular formula is C22H24N6. The molecule has 142 valence electrons. The zero-order valence-electron chi connectivity index (χ0n) is 16.0. The summed E-state index contributed by atoms with van der Waals surface area (Å²) in [6.07, 6.45) is 6.32. The molecule has 28 heavy (non-hydrogen) atoms. The number of hydrogen-bond acceptors (Lipinski definition) is 4. The van der Waals surface area contributed by atoms with Crippen LogP contribution in [0.15, 0.2) is 54.9 Å². The minimum Gasteiger partial charge on any atom is -0.346 e. The van der Waals surface area contributed by atoms with E-state index in [0.29, 0.717) is 5.92 Å². The summed E-state index contributed by atoms with van der Waals surface area (Å²) < 4.78 is 1.92. The number of aryl methyl sites for hydroxylation is 1. The van der Waals surface area contributed by atoms with Crippen molar-refractivity contribution in [3.05, 3.63) is 66.1 Å². The van der Waals surface area contributed by atoms with Crippen molar-refractivity contribution in [2.45, 2.75) is 25.3 Å². The summed E-state index contributed by atoms with van der Waals surface area (Å²) in [5, 5.41) is 9.96. The summed E-state index contributed by atoms with van der Waals surface area (Å²) in [6, 6.07) is 14.5. The minimum atomic E-state index is 0.590. The van der Waals surface area contributed by atoms with Crippen LogP contribution in [0.3, 0.4) is 0 Å². The van der Waals surface area contributed by atoms with E-state index in [9.17, 15) is 0 Å². The summed E-state index contributed by atoms with van der Waals surface area (Å²) in [7, 11) is 1.99. The highest BCUT2D eigenvalue weighted by atomic mass is 15.4. The van der Waals surface area contributed by atoms with Crippen LogP contribution in [0.5, 0.6) is 0 Å². The number of nitrogens with zero attached hydrogens (tertiary/aromatic N) is 5. The Morgan fingerprint density at radius 3 is 2.71 bits per heavy atom. The van der Waals surface area contributed by atoms with Crippen LogP contribution in [0, 0.1) is 0 Å². The van der Waals surface area contributed by atoms with Crippen LogP contribution in [0.2, 0.25) is 0 Å². The fourth-order valence-corrected chi connectivity index (χ4v) is 4.30. The summed E-state index contributed by atoms with van der Waals surface area (Å²) in [4.78, 5) is 10.3. The first-order valence-corrected chi connectivity index (χ1v) is 9.88. The smallest absolute Gasteiger partial charge is 0.137 e. The largest absolute Gasteiger partial charge is 0.346 e. The van der Waals surface area contributed by atoms with Crippen LogP contribution in [-0.2, 0) is 13.6 Å². The topological polar surface area (TPSA) is 62.6 Å². The summed E-state index contributed by atoms with van der Waals surface area (Å²) in [5.74, 6) is 0.590. The molecule has 1 N–H and O–H groups in total. The Balaban J connectivity index is 1.30. The Morgan fingerprint density at radius 1 is 1.07 bits per heavy atom. The van der Waals surface area contributed by atoms with E-state index in [-0.39, 0.29) is 0 Å². The minimum absolute atomic E-state index is 0.590. The monoisotopic (exact) mass is 372 g/mol. The van der Waals surface area contributed by atoms with E-state index >= 15 is 0 Å². The van der Waals surface area contributed by atoms with Crippen LogP contribution in [0.1, 0.15) is 30.0 Å². The van der Waals surface area contributed by atoms with Gasteiger partial charge in [0.05, 0.1) is 5.69 Å². The van der Waals surface area contributed by atoms with Crippen LogP contribution < -0.4 is 0 Å². The van der Waals surface area contributed by atoms with E-state index in [0.717, 1.165) is 49.4 Å². The summed E-state index contributed by atoms with van der Waals surface area (Å²) in [5.41, 5.74) is 5.71. The fourth-order valence-electron chi connectivity index (χ4n) is 4.30. The molecule has 6 nitrogen and oxygen atoms in total. The van der Waals surface area contributed by atoms with Gasteiger partial charge in [0.15, 0.2) is 0 Å². The highest BCUT2D eigenvalue weighted by molar-refractivity contribution is 5.80. The molecule has 0 atom stereocenters. The number of fused-ring (bicyclic) bond motifs is 1. The predicted octanol–water partition coefficient (Wildman–Crippen LogP) is 3.74. The fraction of sp³-hybridized carbons (Fsp3) is 0.318. The van der Waals surface area contributed by atoms with Crippen LogP contribution in [0.4, 0.5) is 0 Å². The van der Waals surface area contributed by atoms with Gasteiger partial charge in [-0.25, -0.2) is 4.98 Å². The van der Waals surface area contributed by atoms with Crippen molar-refractivity contribution < 1.29 is 0 Å². The third-order valence-corrected chi connectivity index (χ3v) is 5.87. The second-order valence-electron chi connectivity index (χ2n) is 7.57. The molecule has 1 aromatic carbocycles. The molecule has 0 radical (unpaired) electrons. The first-order valence-electron chi connectivity index (χ1n) is 9.88. The van der Waals surface area contributed by atoms with Crippen molar-refractivity contribution in [2.75, 3.05) is 13.1 Å². The molecule has 1 aliphatic rings. The maximum atomic E-state index is 4.43. The third-order valence-electron chi connectivity index (χ3n) is 5.87. The number of aromatic nitrogens is 5. The number of nitrogens with one attached hydrogen (secondary N) is 1. The van der Waals surface area contributed by atoms with Gasteiger partial charge < -0.3 is 4.98 Å². The molecule has 0 aliphatic carbocycles. The van der Waals surface area contributed by atoms with Gasteiger partial charge in [-0.3, -0.25) is 9.58 Å². The summed E-state index contributed by atoms with van der Waals surface area (Å²) >= 11 is 0. The van der Waals surface area contributed by atoms with Crippen LogP contribution in [-0.4, -0.2) is 43.0 Å². The van der Waals surface area contributed by atoms with Crippen molar-refractivity contribution in [1.29, 1.82) is 0 Å². The Morgan fingerprint density at radius 2 is 1.89 bits per heavy atom. The van der Waals surface area contributed by atoms with Crippen molar-refractivity contribution in [2.24, 2.45) is 7.05 Å². The number of piperidine rings is 1. The molecule has 1 fully saturated rings. The average molecular weight is 372 g/mol. The number of hydrogen-bond donors (Lipinski definition) is 1. The quantitative estimate of drug-likeness (QED) is 0.593. The average Bonchev–Trinajstić information content (AvgIpc) is 3.33. The summed E-state index contributed by atoms with van der Waals surface area (Å²) in [6.45, 7) is 3.05. The van der Waals surface area contributed by atoms with Crippen LogP contribution >= 0.6 is 0 Å². The zero-order valence-corrected chi connectivity index (χ0v) is 16.0. The number of H-pyrrole nitrogens is 1. The lowest BCUT2D eigenvalue weighted by atomic mass is 9.89. The highest BCUT2D eigenvalue weighted by Crippen LogP contribution is 2.33. The van der Waals surface area contributed by atoms with E-state index in [2.05, 4.69) is 61.7 Å². The first-order chi connectivity index (χ1) is 13.8. The molecule has 0 unspecified atom stereocenters. The molecule has 0 amide bonds. The van der Waals surface area contributed by atoms with Crippen molar-refractivity contribution in [3.8, 4) is 11.3 Å². The van der Waals surface area contributed by atoms with Crippen molar-refractivity contribution in [3.63, 3.8) is 0 Å². The van der Waals surface area contributed by atoms with Crippen molar-refractivity contribution in [1.82, 2.24) is 29.9 Å². The molecule has 0 saturated carbocycles. The molecule has 1 saturated heterocycles. The van der Waals surface area contributed by atoms with Gasteiger partial charge >= 0.3 is 0 Å². The molecule has 4 heterocycles. The van der Waals surface area contributed by atoms with Gasteiger partial charge in [0.1, 0.15) is 11.3 Å². The van der Waals surface area contributed by atoms with E-state index in [1.807, 2.05) is 30.1 Å². The Labute approximate surface area is 164 Å². The molecule has 5 rings (SSSR count). The SMILES string of the molecule is Cn1nnc(-c2ccccc2)c1CN1CCC(c2c[nH]c3ncccc23)CC1. The lowest BCUT2D eigenvalue weighted by molar-refractivity contribution is 0.201. The zero-order chi connectivity index (χ0) is 18.9. The van der Waals surface area contributed by atoms with E-state index in [4.69, 9.17) is 0 Å². The van der Waals surface area contributed by atoms with Gasteiger partial charge in [-0.2, -0.15) is 0 Å². The second-order valence-corrected chi connectivity index (χ2v) is 7.57. The molecule has 3 aromatic heterocycles. The molecule has 0 bridgehead atoms. The Kier molecular flexibility index (Phi) is 4.41. The highest BCUT2D eigenvalue weighted by Gasteiger charge is 2.24. The Hall–Kier alpha value is -2.99. The third kappa shape index (κ3) is 3.10.